The third-order valence-corrected chi connectivity index (χ3v) is 8.56. The fourth-order valence-corrected chi connectivity index (χ4v) is 6.54. The van der Waals surface area contributed by atoms with Gasteiger partial charge in [0.15, 0.2) is 0 Å². The number of hydrogen-bond acceptors (Lipinski definition) is 4. The van der Waals surface area contributed by atoms with E-state index in [0.717, 1.165) is 30.8 Å². The largest absolute Gasteiger partial charge is 0.396 e. The van der Waals surface area contributed by atoms with Crippen molar-refractivity contribution in [3.8, 4) is 0 Å². The predicted octanol–water partition coefficient (Wildman–Crippen LogP) is 4.68. The number of fused-ring (bicyclic) bond motifs is 1. The summed E-state index contributed by atoms with van der Waals surface area (Å²) in [7, 11) is 0. The van der Waals surface area contributed by atoms with E-state index in [1.54, 1.807) is 0 Å². The van der Waals surface area contributed by atoms with Crippen LogP contribution >= 0.6 is 0 Å². The highest BCUT2D eigenvalue weighted by Crippen LogP contribution is 2.58. The van der Waals surface area contributed by atoms with Gasteiger partial charge in [-0.2, -0.15) is 0 Å². The Hall–Kier alpha value is -0.940. The highest BCUT2D eigenvalue weighted by molar-refractivity contribution is 5.39. The van der Waals surface area contributed by atoms with Crippen LogP contribution in [-0.2, 0) is 0 Å². The lowest BCUT2D eigenvalue weighted by Crippen LogP contribution is -2.40. The molecule has 3 fully saturated rings. The molecule has 3 rings (SSSR count). The van der Waals surface area contributed by atoms with Crippen LogP contribution in [0.25, 0.3) is 0 Å². The Morgan fingerprint density at radius 2 is 1.90 bits per heavy atom. The maximum Gasteiger partial charge on any atom is 0.0862 e. The second-order valence-corrected chi connectivity index (χ2v) is 11.3. The molecule has 3 aliphatic rings. The van der Waals surface area contributed by atoms with Gasteiger partial charge in [0, 0.05) is 5.92 Å². The molecule has 0 aliphatic heterocycles. The number of aliphatic hydroxyl groups is 4. The first-order valence-electron chi connectivity index (χ1n) is 12.3. The molecule has 4 heteroatoms. The second kappa shape index (κ2) is 9.91. The van der Waals surface area contributed by atoms with E-state index in [1.807, 2.05) is 13.8 Å². The van der Waals surface area contributed by atoms with Crippen LogP contribution in [0, 0.1) is 23.2 Å². The monoisotopic (exact) mass is 432 g/mol. The summed E-state index contributed by atoms with van der Waals surface area (Å²) in [6.07, 6.45) is 13.8. The lowest BCUT2D eigenvalue weighted by molar-refractivity contribution is -0.0105. The van der Waals surface area contributed by atoms with Crippen LogP contribution in [0.15, 0.2) is 35.5 Å². The summed E-state index contributed by atoms with van der Waals surface area (Å²) in [6, 6.07) is 0. The van der Waals surface area contributed by atoms with Crippen molar-refractivity contribution >= 4 is 0 Å². The molecule has 0 radical (unpaired) electrons. The number of allylic oxidation sites excluding steroid dienone is 3. The Balaban J connectivity index is 1.67. The van der Waals surface area contributed by atoms with Gasteiger partial charge < -0.3 is 20.4 Å². The molecule has 31 heavy (non-hydrogen) atoms. The zero-order chi connectivity index (χ0) is 22.8. The molecule has 0 heterocycles. The van der Waals surface area contributed by atoms with Crippen molar-refractivity contribution in [3.05, 3.63) is 35.5 Å². The zero-order valence-corrected chi connectivity index (χ0v) is 19.8. The van der Waals surface area contributed by atoms with Gasteiger partial charge in [-0.1, -0.05) is 44.1 Å². The molecule has 2 unspecified atom stereocenters. The topological polar surface area (TPSA) is 80.9 Å². The van der Waals surface area contributed by atoms with Crippen molar-refractivity contribution < 1.29 is 20.4 Å². The minimum Gasteiger partial charge on any atom is -0.396 e. The van der Waals surface area contributed by atoms with Gasteiger partial charge in [-0.05, 0) is 93.6 Å². The number of hydrogen-bond donors (Lipinski definition) is 4. The molecule has 0 bridgehead atoms. The molecular formula is C27H44O4. The lowest BCUT2D eigenvalue weighted by Gasteiger charge is -2.42. The van der Waals surface area contributed by atoms with Crippen molar-refractivity contribution in [1.29, 1.82) is 0 Å². The summed E-state index contributed by atoms with van der Waals surface area (Å²) >= 11 is 0. The van der Waals surface area contributed by atoms with Gasteiger partial charge in [0.25, 0.3) is 0 Å². The molecule has 6 atom stereocenters. The first-order chi connectivity index (χ1) is 14.6. The van der Waals surface area contributed by atoms with E-state index in [9.17, 15) is 20.4 Å². The molecule has 3 aliphatic carbocycles. The van der Waals surface area contributed by atoms with Crippen LogP contribution in [0.1, 0.15) is 85.0 Å². The van der Waals surface area contributed by atoms with E-state index in [1.165, 1.54) is 44.1 Å². The van der Waals surface area contributed by atoms with E-state index in [-0.39, 0.29) is 6.61 Å². The summed E-state index contributed by atoms with van der Waals surface area (Å²) < 4.78 is 0. The normalized spacial score (nSPS) is 39.3. The van der Waals surface area contributed by atoms with Gasteiger partial charge >= 0.3 is 0 Å². The summed E-state index contributed by atoms with van der Waals surface area (Å²) in [5.74, 6) is 0.839. The Labute approximate surface area is 188 Å². The minimum atomic E-state index is -0.880. The Kier molecular flexibility index (Phi) is 7.89. The third-order valence-electron chi connectivity index (χ3n) is 8.56. The molecule has 4 nitrogen and oxygen atoms in total. The standard InChI is InChI=1S/C27H44O4/c1-18-20(16-24(29)22(17-28)25(18)30)11-10-19-8-7-15-27(4)21(12-13-23(19)27)9-5-6-14-26(2,3)31/h10-11,21-25,28-31H,1,5-9,12-17H2,2-4H3/b19-10+,20-11-/t21-,22+,23?,24+,25+,27?/m0/s1. The molecule has 176 valence electrons. The van der Waals surface area contributed by atoms with E-state index < -0.39 is 23.7 Å². The number of unbranched alkanes of at least 4 members (excludes halogenated alkanes) is 1. The van der Waals surface area contributed by atoms with Crippen LogP contribution in [0.2, 0.25) is 0 Å². The first kappa shape index (κ1) is 24.7. The van der Waals surface area contributed by atoms with Crippen molar-refractivity contribution in [2.24, 2.45) is 23.2 Å². The van der Waals surface area contributed by atoms with Crippen LogP contribution < -0.4 is 0 Å². The fourth-order valence-electron chi connectivity index (χ4n) is 6.54. The Morgan fingerprint density at radius 3 is 2.58 bits per heavy atom. The predicted molar refractivity (Wildman–Crippen MR) is 125 cm³/mol. The number of rotatable bonds is 7. The molecule has 3 saturated carbocycles. The van der Waals surface area contributed by atoms with Gasteiger partial charge in [0.2, 0.25) is 0 Å². The van der Waals surface area contributed by atoms with Gasteiger partial charge in [-0.25, -0.2) is 0 Å². The van der Waals surface area contributed by atoms with E-state index in [4.69, 9.17) is 0 Å². The quantitative estimate of drug-likeness (QED) is 0.441. The molecule has 0 saturated heterocycles. The highest BCUT2D eigenvalue weighted by Gasteiger charge is 2.48. The van der Waals surface area contributed by atoms with E-state index in [2.05, 4.69) is 25.7 Å². The zero-order valence-electron chi connectivity index (χ0n) is 19.8. The second-order valence-electron chi connectivity index (χ2n) is 11.3. The Bertz CT molecular complexity index is 701. The molecule has 4 N–H and O–H groups in total. The summed E-state index contributed by atoms with van der Waals surface area (Å²) in [5, 5.41) is 40.1. The SMILES string of the molecule is C=C1/C(=C\C=C2/CCCC3(C)C2CC[C@@H]3CCCCC(C)(C)O)C[C@@H](O)[C@@H](CO)[C@@H]1O. The van der Waals surface area contributed by atoms with Crippen molar-refractivity contribution in [3.63, 3.8) is 0 Å². The van der Waals surface area contributed by atoms with Crippen LogP contribution in [-0.4, -0.2) is 44.8 Å². The fraction of sp³-hybridized carbons (Fsp3) is 0.778. The summed E-state index contributed by atoms with van der Waals surface area (Å²) in [4.78, 5) is 0. The summed E-state index contributed by atoms with van der Waals surface area (Å²) in [6.45, 7) is 10.1. The maximum absolute atomic E-state index is 10.4. The van der Waals surface area contributed by atoms with Gasteiger partial charge in [-0.15, -0.1) is 0 Å². The van der Waals surface area contributed by atoms with Crippen molar-refractivity contribution in [2.45, 2.75) is 103 Å². The average Bonchev–Trinajstić information content (AvgIpc) is 3.03. The van der Waals surface area contributed by atoms with E-state index >= 15 is 0 Å². The first-order valence-corrected chi connectivity index (χ1v) is 12.3. The minimum absolute atomic E-state index is 0.229. The van der Waals surface area contributed by atoms with E-state index in [0.29, 0.717) is 23.3 Å². The maximum atomic E-state index is 10.4. The van der Waals surface area contributed by atoms with Crippen LogP contribution in [0.4, 0.5) is 0 Å². The van der Waals surface area contributed by atoms with Gasteiger partial charge in [0.1, 0.15) is 0 Å². The smallest absolute Gasteiger partial charge is 0.0862 e. The lowest BCUT2D eigenvalue weighted by atomic mass is 9.62. The summed E-state index contributed by atoms with van der Waals surface area (Å²) in [5.41, 5.74) is 2.86. The molecule has 0 aromatic heterocycles. The number of aliphatic hydroxyl groups excluding tert-OH is 3. The molecule has 0 amide bonds. The third kappa shape index (κ3) is 5.52. The van der Waals surface area contributed by atoms with Crippen LogP contribution in [0.5, 0.6) is 0 Å². The van der Waals surface area contributed by atoms with Crippen molar-refractivity contribution in [1.82, 2.24) is 0 Å². The van der Waals surface area contributed by atoms with Gasteiger partial charge in [0.05, 0.1) is 24.4 Å². The van der Waals surface area contributed by atoms with Crippen molar-refractivity contribution in [2.75, 3.05) is 6.61 Å². The molecular weight excluding hydrogens is 388 g/mol. The molecule has 0 aromatic carbocycles. The van der Waals surface area contributed by atoms with Crippen LogP contribution in [0.3, 0.4) is 0 Å². The average molecular weight is 433 g/mol. The molecule has 0 spiro atoms. The Morgan fingerprint density at radius 1 is 1.16 bits per heavy atom. The van der Waals surface area contributed by atoms with Gasteiger partial charge in [-0.3, -0.25) is 0 Å². The highest BCUT2D eigenvalue weighted by atomic mass is 16.3. The molecule has 0 aromatic rings.